The molecule has 20 heavy (non-hydrogen) atoms. The molecule has 1 heterocycles. The first kappa shape index (κ1) is 17.0. The van der Waals surface area contributed by atoms with Crippen molar-refractivity contribution in [3.05, 3.63) is 34.9 Å². The minimum atomic E-state index is -0.0416. The molecule has 1 saturated heterocycles. The van der Waals surface area contributed by atoms with Gasteiger partial charge < -0.3 is 10.6 Å². The number of benzene rings is 1. The van der Waals surface area contributed by atoms with Crippen molar-refractivity contribution in [3.63, 3.8) is 0 Å². The van der Waals surface area contributed by atoms with E-state index in [-0.39, 0.29) is 23.9 Å². The van der Waals surface area contributed by atoms with Crippen molar-refractivity contribution in [2.24, 2.45) is 0 Å². The van der Waals surface area contributed by atoms with Gasteiger partial charge in [0.2, 0.25) is 5.91 Å². The molecule has 1 aromatic rings. The fraction of sp³-hybridized carbons (Fsp3) is 0.562. The van der Waals surface area contributed by atoms with Gasteiger partial charge in [0.15, 0.2) is 0 Å². The predicted molar refractivity (Wildman–Crippen MR) is 85.5 cm³/mol. The summed E-state index contributed by atoms with van der Waals surface area (Å²) >= 11 is 0. The van der Waals surface area contributed by atoms with Crippen molar-refractivity contribution >= 4 is 18.3 Å². The highest BCUT2D eigenvalue weighted by atomic mass is 35.5. The molecule has 0 aliphatic carbocycles. The van der Waals surface area contributed by atoms with Crippen molar-refractivity contribution in [2.75, 3.05) is 13.1 Å². The monoisotopic (exact) mass is 296 g/mol. The van der Waals surface area contributed by atoms with E-state index in [1.165, 1.54) is 11.1 Å². The van der Waals surface area contributed by atoms with Crippen LogP contribution in [0.5, 0.6) is 0 Å². The smallest absolute Gasteiger partial charge is 0.224 e. The first-order chi connectivity index (χ1) is 8.98. The highest BCUT2D eigenvalue weighted by molar-refractivity contribution is 5.85. The second-order valence-corrected chi connectivity index (χ2v) is 5.97. The molecule has 1 aliphatic rings. The summed E-state index contributed by atoms with van der Waals surface area (Å²) in [5, 5.41) is 6.54. The van der Waals surface area contributed by atoms with E-state index in [1.54, 1.807) is 0 Å². The van der Waals surface area contributed by atoms with Crippen molar-refractivity contribution in [1.29, 1.82) is 0 Å². The van der Waals surface area contributed by atoms with Crippen molar-refractivity contribution < 1.29 is 4.79 Å². The zero-order valence-electron chi connectivity index (χ0n) is 12.6. The molecule has 1 aromatic carbocycles. The number of amides is 1. The molecule has 1 aliphatic heterocycles. The van der Waals surface area contributed by atoms with E-state index in [9.17, 15) is 4.79 Å². The average Bonchev–Trinajstić information content (AvgIpc) is 2.34. The Bertz CT molecular complexity index is 468. The number of halogens is 1. The Kier molecular flexibility index (Phi) is 6.03. The lowest BCUT2D eigenvalue weighted by Gasteiger charge is -2.35. The van der Waals surface area contributed by atoms with Gasteiger partial charge in [-0.15, -0.1) is 12.4 Å². The lowest BCUT2D eigenvalue weighted by Crippen LogP contribution is -2.52. The van der Waals surface area contributed by atoms with Crippen LogP contribution in [0.2, 0.25) is 0 Å². The van der Waals surface area contributed by atoms with Crippen molar-refractivity contribution in [2.45, 2.75) is 45.6 Å². The van der Waals surface area contributed by atoms with Gasteiger partial charge in [-0.1, -0.05) is 23.8 Å². The lowest BCUT2D eigenvalue weighted by atomic mass is 9.90. The number of hydrogen-bond donors (Lipinski definition) is 2. The van der Waals surface area contributed by atoms with Crippen LogP contribution in [0.1, 0.15) is 36.5 Å². The summed E-state index contributed by atoms with van der Waals surface area (Å²) in [5.41, 5.74) is 3.49. The fourth-order valence-corrected chi connectivity index (χ4v) is 2.65. The van der Waals surface area contributed by atoms with Gasteiger partial charge >= 0.3 is 0 Å². The maximum atomic E-state index is 12.2. The van der Waals surface area contributed by atoms with Crippen molar-refractivity contribution in [1.82, 2.24) is 10.6 Å². The average molecular weight is 297 g/mol. The molecule has 0 atom stereocenters. The molecule has 3 nitrogen and oxygen atoms in total. The van der Waals surface area contributed by atoms with Gasteiger partial charge in [0.25, 0.3) is 0 Å². The van der Waals surface area contributed by atoms with E-state index >= 15 is 0 Å². The quantitative estimate of drug-likeness (QED) is 0.900. The van der Waals surface area contributed by atoms with Crippen LogP contribution >= 0.6 is 12.4 Å². The van der Waals surface area contributed by atoms with E-state index in [0.29, 0.717) is 6.42 Å². The van der Waals surface area contributed by atoms with Gasteiger partial charge in [0, 0.05) is 5.54 Å². The fourth-order valence-electron chi connectivity index (χ4n) is 2.65. The number of carbonyl (C=O) groups excluding carboxylic acids is 1. The summed E-state index contributed by atoms with van der Waals surface area (Å²) in [7, 11) is 0. The lowest BCUT2D eigenvalue weighted by molar-refractivity contribution is -0.122. The Labute approximate surface area is 127 Å². The van der Waals surface area contributed by atoms with Crippen LogP contribution in [-0.2, 0) is 11.2 Å². The minimum Gasteiger partial charge on any atom is -0.351 e. The van der Waals surface area contributed by atoms with E-state index in [0.717, 1.165) is 31.5 Å². The summed E-state index contributed by atoms with van der Waals surface area (Å²) in [6.45, 7) is 8.25. The van der Waals surface area contributed by atoms with Crippen LogP contribution < -0.4 is 10.6 Å². The minimum absolute atomic E-state index is 0. The Hall–Kier alpha value is -1.06. The number of nitrogens with one attached hydrogen (secondary N) is 2. The van der Waals surface area contributed by atoms with E-state index in [1.807, 2.05) is 0 Å². The first-order valence-electron chi connectivity index (χ1n) is 7.06. The van der Waals surface area contributed by atoms with Crippen LogP contribution in [0.3, 0.4) is 0 Å². The van der Waals surface area contributed by atoms with Gasteiger partial charge in [0.05, 0.1) is 6.42 Å². The zero-order chi connectivity index (χ0) is 13.9. The highest BCUT2D eigenvalue weighted by Gasteiger charge is 2.28. The third-order valence-corrected chi connectivity index (χ3v) is 4.00. The van der Waals surface area contributed by atoms with Gasteiger partial charge in [-0.3, -0.25) is 4.79 Å². The molecule has 0 radical (unpaired) electrons. The number of piperidine rings is 1. The molecule has 0 saturated carbocycles. The molecular weight excluding hydrogens is 272 g/mol. The Morgan fingerprint density at radius 1 is 1.30 bits per heavy atom. The zero-order valence-corrected chi connectivity index (χ0v) is 13.4. The summed E-state index contributed by atoms with van der Waals surface area (Å²) < 4.78 is 0. The molecular formula is C16H25ClN2O. The third-order valence-electron chi connectivity index (χ3n) is 4.00. The second-order valence-electron chi connectivity index (χ2n) is 5.97. The van der Waals surface area contributed by atoms with E-state index in [4.69, 9.17) is 0 Å². The van der Waals surface area contributed by atoms with Gasteiger partial charge in [-0.2, -0.15) is 0 Å². The van der Waals surface area contributed by atoms with Crippen LogP contribution in [-0.4, -0.2) is 24.5 Å². The molecule has 2 rings (SSSR count). The summed E-state index contributed by atoms with van der Waals surface area (Å²) in [6.07, 6.45) is 2.49. The number of rotatable bonds is 3. The third kappa shape index (κ3) is 4.50. The molecule has 112 valence electrons. The first-order valence-corrected chi connectivity index (χ1v) is 7.06. The normalized spacial score (nSPS) is 17.1. The molecule has 1 fully saturated rings. The van der Waals surface area contributed by atoms with Gasteiger partial charge in [0.1, 0.15) is 0 Å². The molecule has 0 aromatic heterocycles. The van der Waals surface area contributed by atoms with Crippen LogP contribution in [0.25, 0.3) is 0 Å². The standard InChI is InChI=1S/C16H24N2O.ClH/c1-12-4-5-13(2)14(10-12)11-15(19)18-16(3)6-8-17-9-7-16;/h4-5,10,17H,6-9,11H2,1-3H3,(H,18,19);1H. The molecule has 0 unspecified atom stereocenters. The van der Waals surface area contributed by atoms with Crippen LogP contribution in [0.4, 0.5) is 0 Å². The molecule has 2 N–H and O–H groups in total. The molecule has 4 heteroatoms. The Morgan fingerprint density at radius 3 is 2.60 bits per heavy atom. The maximum absolute atomic E-state index is 12.2. The van der Waals surface area contributed by atoms with Crippen LogP contribution in [0.15, 0.2) is 18.2 Å². The Morgan fingerprint density at radius 2 is 1.95 bits per heavy atom. The van der Waals surface area contributed by atoms with Gasteiger partial charge in [-0.05, 0) is 57.8 Å². The van der Waals surface area contributed by atoms with Crippen molar-refractivity contribution in [3.8, 4) is 0 Å². The SMILES string of the molecule is Cc1ccc(C)c(CC(=O)NC2(C)CCNCC2)c1.Cl. The van der Waals surface area contributed by atoms with Crippen LogP contribution in [0, 0.1) is 13.8 Å². The summed E-state index contributed by atoms with van der Waals surface area (Å²) in [4.78, 5) is 12.2. The number of aryl methyl sites for hydroxylation is 2. The largest absolute Gasteiger partial charge is 0.351 e. The van der Waals surface area contributed by atoms with Gasteiger partial charge in [-0.25, -0.2) is 0 Å². The molecule has 0 spiro atoms. The topological polar surface area (TPSA) is 41.1 Å². The molecule has 1 amide bonds. The maximum Gasteiger partial charge on any atom is 0.224 e. The highest BCUT2D eigenvalue weighted by Crippen LogP contribution is 2.18. The van der Waals surface area contributed by atoms with E-state index in [2.05, 4.69) is 49.6 Å². The predicted octanol–water partition coefficient (Wildman–Crippen LogP) is 2.53. The number of carbonyl (C=O) groups is 1. The Balaban J connectivity index is 0.00000200. The molecule has 0 bridgehead atoms. The summed E-state index contributed by atoms with van der Waals surface area (Å²) in [5.74, 6) is 0.137. The van der Waals surface area contributed by atoms with E-state index < -0.39 is 0 Å². The summed E-state index contributed by atoms with van der Waals surface area (Å²) in [6, 6.07) is 6.29. The second kappa shape index (κ2) is 7.09. The number of hydrogen-bond acceptors (Lipinski definition) is 2.